The standard InChI is InChI=1S/C19H22N4O5S/c20-15-17(26)23-16(19(27)28)13(11-29-18(15)23)2-1-6-22-7-3-12(4-8-22)10-14(25)21-5-9-24/h1-4,7-8,15,18,24H,5-6,9-11,20H2,(H-,21,25,27,28)/p+1/b2-1+/t15-,18-/m1/s1. The second-order valence-electron chi connectivity index (χ2n) is 6.67. The predicted octanol–water partition coefficient (Wildman–Crippen LogP) is -1.24. The molecule has 0 aliphatic carbocycles. The van der Waals surface area contributed by atoms with Crippen LogP contribution in [0.25, 0.3) is 0 Å². The maximum Gasteiger partial charge on any atom is 0.352 e. The number of hydrogen-bond donors (Lipinski definition) is 4. The van der Waals surface area contributed by atoms with Crippen LogP contribution in [0.5, 0.6) is 0 Å². The van der Waals surface area contributed by atoms with Gasteiger partial charge in [0.05, 0.1) is 13.0 Å². The molecule has 154 valence electrons. The number of carbonyl (C=O) groups is 3. The van der Waals surface area contributed by atoms with E-state index in [0.717, 1.165) is 5.56 Å². The number of aliphatic hydroxyl groups is 1. The van der Waals surface area contributed by atoms with Gasteiger partial charge >= 0.3 is 5.97 Å². The highest BCUT2D eigenvalue weighted by Gasteiger charge is 2.51. The van der Waals surface area contributed by atoms with Gasteiger partial charge in [-0.3, -0.25) is 14.5 Å². The number of carboxylic acids is 1. The summed E-state index contributed by atoms with van der Waals surface area (Å²) in [5.41, 5.74) is 7.17. The van der Waals surface area contributed by atoms with E-state index in [2.05, 4.69) is 5.32 Å². The Hall–Kier alpha value is -2.69. The van der Waals surface area contributed by atoms with Crippen LogP contribution in [-0.2, 0) is 27.3 Å². The Kier molecular flexibility index (Phi) is 6.68. The van der Waals surface area contributed by atoms with E-state index >= 15 is 0 Å². The van der Waals surface area contributed by atoms with E-state index in [1.165, 1.54) is 16.7 Å². The number of hydrogen-bond acceptors (Lipinski definition) is 6. The summed E-state index contributed by atoms with van der Waals surface area (Å²) in [7, 11) is 0. The number of aliphatic carboxylic acids is 1. The summed E-state index contributed by atoms with van der Waals surface area (Å²) >= 11 is 1.46. The minimum Gasteiger partial charge on any atom is -0.477 e. The van der Waals surface area contributed by atoms with Crippen molar-refractivity contribution in [3.63, 3.8) is 0 Å². The molecule has 1 aromatic rings. The van der Waals surface area contributed by atoms with Crippen LogP contribution >= 0.6 is 11.8 Å². The Bertz CT molecular complexity index is 868. The first-order chi connectivity index (χ1) is 13.9. The summed E-state index contributed by atoms with van der Waals surface area (Å²) in [6, 6.07) is 3.02. The van der Waals surface area contributed by atoms with Crippen molar-refractivity contribution in [2.75, 3.05) is 18.9 Å². The van der Waals surface area contributed by atoms with Gasteiger partial charge in [-0.15, -0.1) is 11.8 Å². The smallest absolute Gasteiger partial charge is 0.352 e. The molecular weight excluding hydrogens is 396 g/mol. The van der Waals surface area contributed by atoms with Crippen LogP contribution in [0.2, 0.25) is 0 Å². The molecule has 0 aromatic carbocycles. The quantitative estimate of drug-likeness (QED) is 0.306. The van der Waals surface area contributed by atoms with Gasteiger partial charge in [0.15, 0.2) is 18.9 Å². The largest absolute Gasteiger partial charge is 0.477 e. The fourth-order valence-electron chi connectivity index (χ4n) is 3.16. The fourth-order valence-corrected chi connectivity index (χ4v) is 4.42. The van der Waals surface area contributed by atoms with Gasteiger partial charge in [0.25, 0.3) is 0 Å². The van der Waals surface area contributed by atoms with Gasteiger partial charge in [0, 0.05) is 24.4 Å². The van der Waals surface area contributed by atoms with Crippen LogP contribution in [0.3, 0.4) is 0 Å². The van der Waals surface area contributed by atoms with E-state index in [0.29, 0.717) is 17.9 Å². The lowest BCUT2D eigenvalue weighted by Crippen LogP contribution is -2.68. The highest BCUT2D eigenvalue weighted by Crippen LogP contribution is 2.39. The highest BCUT2D eigenvalue weighted by molar-refractivity contribution is 8.00. The lowest BCUT2D eigenvalue weighted by molar-refractivity contribution is -0.687. The van der Waals surface area contributed by atoms with Crippen molar-refractivity contribution < 1.29 is 29.2 Å². The number of β-lactam (4-membered cyclic amide) rings is 1. The number of fused-ring (bicyclic) bond motifs is 1. The van der Waals surface area contributed by atoms with Crippen molar-refractivity contribution in [2.45, 2.75) is 24.4 Å². The molecule has 2 aliphatic rings. The van der Waals surface area contributed by atoms with Crippen molar-refractivity contribution in [2.24, 2.45) is 5.73 Å². The van der Waals surface area contributed by atoms with E-state index < -0.39 is 12.0 Å². The van der Waals surface area contributed by atoms with Crippen LogP contribution < -0.4 is 15.6 Å². The van der Waals surface area contributed by atoms with Crippen LogP contribution in [0, 0.1) is 0 Å². The lowest BCUT2D eigenvalue weighted by Gasteiger charge is -2.47. The van der Waals surface area contributed by atoms with E-state index in [9.17, 15) is 19.5 Å². The van der Waals surface area contributed by atoms with Crippen molar-refractivity contribution in [1.29, 1.82) is 0 Å². The van der Waals surface area contributed by atoms with E-state index in [4.69, 9.17) is 10.8 Å². The number of pyridine rings is 1. The molecule has 2 atom stereocenters. The Labute approximate surface area is 171 Å². The zero-order chi connectivity index (χ0) is 21.0. The number of amides is 2. The topological polar surface area (TPSA) is 137 Å². The lowest BCUT2D eigenvalue weighted by atomic mass is 10.0. The average molecular weight is 419 g/mol. The van der Waals surface area contributed by atoms with Crippen molar-refractivity contribution in [3.8, 4) is 0 Å². The van der Waals surface area contributed by atoms with Crippen LogP contribution in [0.15, 0.2) is 47.9 Å². The van der Waals surface area contributed by atoms with Gasteiger partial charge < -0.3 is 21.3 Å². The first kappa shape index (κ1) is 21.0. The molecule has 1 aromatic heterocycles. The summed E-state index contributed by atoms with van der Waals surface area (Å²) < 4.78 is 1.89. The summed E-state index contributed by atoms with van der Waals surface area (Å²) in [6.45, 7) is 0.651. The number of nitrogens with two attached hydrogens (primary N) is 1. The van der Waals surface area contributed by atoms with Crippen molar-refractivity contribution in [3.05, 3.63) is 53.5 Å². The Morgan fingerprint density at radius 2 is 2.10 bits per heavy atom. The molecule has 5 N–H and O–H groups in total. The van der Waals surface area contributed by atoms with Gasteiger partial charge in [-0.05, 0) is 17.2 Å². The summed E-state index contributed by atoms with van der Waals surface area (Å²) in [5, 5.41) is 20.5. The molecule has 1 fully saturated rings. The van der Waals surface area contributed by atoms with Gasteiger partial charge in [-0.25, -0.2) is 9.36 Å². The highest BCUT2D eigenvalue weighted by atomic mass is 32.2. The summed E-state index contributed by atoms with van der Waals surface area (Å²) in [5.74, 6) is -1.17. The zero-order valence-electron chi connectivity index (χ0n) is 15.7. The van der Waals surface area contributed by atoms with Gasteiger partial charge in [0.2, 0.25) is 11.8 Å². The molecule has 0 spiro atoms. The molecule has 0 radical (unpaired) electrons. The third-order valence-corrected chi connectivity index (χ3v) is 5.96. The first-order valence-corrected chi connectivity index (χ1v) is 10.2. The molecule has 2 amide bonds. The number of aromatic nitrogens is 1. The molecule has 2 aliphatic heterocycles. The molecule has 10 heteroatoms. The van der Waals surface area contributed by atoms with E-state index in [1.54, 1.807) is 6.08 Å². The number of allylic oxidation sites excluding steroid dienone is 2. The van der Waals surface area contributed by atoms with Crippen LogP contribution in [0.4, 0.5) is 0 Å². The maximum atomic E-state index is 11.9. The summed E-state index contributed by atoms with van der Waals surface area (Å²) in [4.78, 5) is 36.5. The first-order valence-electron chi connectivity index (χ1n) is 9.11. The van der Waals surface area contributed by atoms with E-state index in [-0.39, 0.29) is 42.5 Å². The molecule has 0 unspecified atom stereocenters. The van der Waals surface area contributed by atoms with Gasteiger partial charge in [-0.2, -0.15) is 0 Å². The summed E-state index contributed by atoms with van der Waals surface area (Å²) in [6.07, 6.45) is 7.45. The molecular formula is C19H23N4O5S+. The normalized spacial score (nSPS) is 21.2. The molecule has 1 saturated heterocycles. The van der Waals surface area contributed by atoms with E-state index in [1.807, 2.05) is 35.2 Å². The third kappa shape index (κ3) is 4.66. The number of nitrogens with one attached hydrogen (secondary N) is 1. The average Bonchev–Trinajstić information content (AvgIpc) is 2.72. The Morgan fingerprint density at radius 3 is 2.76 bits per heavy atom. The Balaban J connectivity index is 1.62. The number of rotatable bonds is 8. The molecule has 0 saturated carbocycles. The zero-order valence-corrected chi connectivity index (χ0v) is 16.5. The fraction of sp³-hybridized carbons (Fsp3) is 0.368. The number of nitrogens with zero attached hydrogens (tertiary/aromatic N) is 2. The molecule has 3 heterocycles. The van der Waals surface area contributed by atoms with Crippen molar-refractivity contribution in [1.82, 2.24) is 10.2 Å². The van der Waals surface area contributed by atoms with Gasteiger partial charge in [0.1, 0.15) is 17.1 Å². The minimum atomic E-state index is -1.13. The number of carbonyl (C=O) groups excluding carboxylic acids is 2. The Morgan fingerprint density at radius 1 is 1.38 bits per heavy atom. The molecule has 0 bridgehead atoms. The van der Waals surface area contributed by atoms with Crippen LogP contribution in [-0.4, -0.2) is 63.2 Å². The monoisotopic (exact) mass is 419 g/mol. The number of carboxylic acid groups (broad SMARTS) is 1. The second-order valence-corrected chi connectivity index (χ2v) is 7.78. The predicted molar refractivity (Wildman–Crippen MR) is 105 cm³/mol. The SMILES string of the molecule is N[C@@H]1C(=O)N2C(C(=O)O)=C(/C=C/C[n+]3ccc(CC(=O)NCCO)cc3)CS[C@H]12. The molecule has 9 nitrogen and oxygen atoms in total. The maximum absolute atomic E-state index is 11.9. The second kappa shape index (κ2) is 9.21. The van der Waals surface area contributed by atoms with Gasteiger partial charge in [-0.1, -0.05) is 6.08 Å². The molecule has 3 rings (SSSR count). The van der Waals surface area contributed by atoms with Crippen LogP contribution in [0.1, 0.15) is 5.56 Å². The number of aliphatic hydroxyl groups excluding tert-OH is 1. The number of thioether (sulfide) groups is 1. The molecule has 29 heavy (non-hydrogen) atoms. The minimum absolute atomic E-state index is 0.00550. The third-order valence-electron chi connectivity index (χ3n) is 4.64. The van der Waals surface area contributed by atoms with Crippen molar-refractivity contribution >= 4 is 29.5 Å².